The van der Waals surface area contributed by atoms with Crippen molar-refractivity contribution in [1.29, 1.82) is 5.41 Å². The molecule has 3 N–H and O–H groups in total. The summed E-state index contributed by atoms with van der Waals surface area (Å²) >= 11 is 0. The Morgan fingerprint density at radius 3 is 2.32 bits per heavy atom. The fraction of sp³-hybridized carbons (Fsp3) is 0.727. The minimum Gasteiger partial charge on any atom is -0.391 e. The van der Waals surface area contributed by atoms with Crippen LogP contribution in [0.1, 0.15) is 65.7 Å². The Kier molecular flexibility index (Phi) is 23.8. The lowest BCUT2D eigenvalue weighted by atomic mass is 10.1. The van der Waals surface area contributed by atoms with Crippen LogP contribution in [0.4, 0.5) is 0 Å². The molecule has 0 aliphatic rings. The topological polar surface area (TPSA) is 83.4 Å². The lowest BCUT2D eigenvalue weighted by molar-refractivity contribution is -0.121. The second-order valence-electron chi connectivity index (χ2n) is 6.69. The Hall–Kier alpha value is -1.66. The predicted molar refractivity (Wildman–Crippen MR) is 119 cm³/mol. The fourth-order valence-corrected chi connectivity index (χ4v) is 2.38. The Morgan fingerprint density at radius 1 is 0.964 bits per heavy atom. The summed E-state index contributed by atoms with van der Waals surface area (Å²) in [6.45, 7) is 16.3. The molecule has 6 heteroatoms. The van der Waals surface area contributed by atoms with Crippen LogP contribution in [0, 0.1) is 5.41 Å². The molecule has 0 atom stereocenters. The molecule has 0 heterocycles. The third kappa shape index (κ3) is 22.4. The van der Waals surface area contributed by atoms with Crippen molar-refractivity contribution >= 4 is 12.6 Å². The van der Waals surface area contributed by atoms with Crippen molar-refractivity contribution in [2.24, 2.45) is 0 Å². The summed E-state index contributed by atoms with van der Waals surface area (Å²) in [7, 11) is 0. The van der Waals surface area contributed by atoms with E-state index >= 15 is 0 Å². The molecule has 0 spiro atoms. The van der Waals surface area contributed by atoms with Gasteiger partial charge in [0.1, 0.15) is 0 Å². The van der Waals surface area contributed by atoms with Gasteiger partial charge in [-0.2, -0.15) is 0 Å². The van der Waals surface area contributed by atoms with Crippen LogP contribution in [0.25, 0.3) is 0 Å². The fourth-order valence-electron chi connectivity index (χ4n) is 2.38. The Bertz CT molecular complexity index is 412. The van der Waals surface area contributed by atoms with Crippen molar-refractivity contribution < 1.29 is 14.3 Å². The highest BCUT2D eigenvalue weighted by molar-refractivity contribution is 5.76. The summed E-state index contributed by atoms with van der Waals surface area (Å²) in [5.74, 6) is 0.0834. The van der Waals surface area contributed by atoms with E-state index in [1.807, 2.05) is 6.92 Å². The molecule has 1 amide bonds. The first-order valence-corrected chi connectivity index (χ1v) is 10.4. The first kappa shape index (κ1) is 28.5. The number of carbonyl (C=O) groups is 1. The Morgan fingerprint density at radius 2 is 1.68 bits per heavy atom. The third-order valence-electron chi connectivity index (χ3n) is 3.76. The average molecular weight is 398 g/mol. The van der Waals surface area contributed by atoms with Crippen LogP contribution < -0.4 is 10.6 Å². The number of nitrogens with one attached hydrogen (secondary N) is 3. The van der Waals surface area contributed by atoms with E-state index in [-0.39, 0.29) is 5.91 Å². The number of hydrogen-bond donors (Lipinski definition) is 3. The highest BCUT2D eigenvalue weighted by Gasteiger charge is 2.04. The van der Waals surface area contributed by atoms with E-state index in [4.69, 9.17) is 14.9 Å². The molecule has 0 aromatic carbocycles. The molecule has 0 aromatic heterocycles. The summed E-state index contributed by atoms with van der Waals surface area (Å²) < 4.78 is 10.8. The molecule has 0 bridgehead atoms. The largest absolute Gasteiger partial charge is 0.391 e. The molecule has 6 nitrogen and oxygen atoms in total. The molecule has 0 aromatic rings. The monoisotopic (exact) mass is 397 g/mol. The zero-order chi connectivity index (χ0) is 21.5. The van der Waals surface area contributed by atoms with Crippen molar-refractivity contribution in [3.63, 3.8) is 0 Å². The lowest BCUT2D eigenvalue weighted by Gasteiger charge is -2.09. The van der Waals surface area contributed by atoms with Crippen LogP contribution in [-0.2, 0) is 14.3 Å². The smallest absolute Gasteiger partial charge is 0.220 e. The van der Waals surface area contributed by atoms with Crippen molar-refractivity contribution in [3.05, 3.63) is 23.9 Å². The van der Waals surface area contributed by atoms with Crippen LogP contribution in [0.15, 0.2) is 23.9 Å². The zero-order valence-corrected chi connectivity index (χ0v) is 18.4. The predicted octanol–water partition coefficient (Wildman–Crippen LogP) is 4.22. The lowest BCUT2D eigenvalue weighted by Crippen LogP contribution is -2.27. The maximum Gasteiger partial charge on any atom is 0.220 e. The molecule has 0 unspecified atom stereocenters. The van der Waals surface area contributed by atoms with Gasteiger partial charge < -0.3 is 25.5 Å². The van der Waals surface area contributed by atoms with Gasteiger partial charge in [-0.25, -0.2) is 0 Å². The van der Waals surface area contributed by atoms with Crippen molar-refractivity contribution in [2.75, 3.05) is 39.5 Å². The van der Waals surface area contributed by atoms with Gasteiger partial charge in [-0.3, -0.25) is 4.79 Å². The van der Waals surface area contributed by atoms with E-state index < -0.39 is 0 Å². The van der Waals surface area contributed by atoms with Gasteiger partial charge in [0.2, 0.25) is 5.91 Å². The molecule has 28 heavy (non-hydrogen) atoms. The number of allylic oxidation sites excluding steroid dienone is 1. The molecular weight excluding hydrogens is 354 g/mol. The van der Waals surface area contributed by atoms with Gasteiger partial charge in [0.15, 0.2) is 0 Å². The first-order chi connectivity index (χ1) is 13.6. The number of unbranched alkanes of at least 4 members (excludes halogenated alkanes) is 2. The number of rotatable bonds is 18. The van der Waals surface area contributed by atoms with Crippen LogP contribution >= 0.6 is 0 Å². The summed E-state index contributed by atoms with van der Waals surface area (Å²) in [4.78, 5) is 11.9. The van der Waals surface area contributed by atoms with Gasteiger partial charge in [-0.15, -0.1) is 0 Å². The maximum atomic E-state index is 11.9. The SMILES string of the molecule is C=C(C)COCCOCCNC(=O)CC/C(=C/NCCCCC)CCC.C=N. The third-order valence-corrected chi connectivity index (χ3v) is 3.76. The van der Waals surface area contributed by atoms with E-state index in [9.17, 15) is 4.79 Å². The highest BCUT2D eigenvalue weighted by atomic mass is 16.5. The van der Waals surface area contributed by atoms with Gasteiger partial charge in [-0.05, 0) is 39.1 Å². The molecule has 0 aliphatic carbocycles. The minimum absolute atomic E-state index is 0.0834. The van der Waals surface area contributed by atoms with E-state index in [1.165, 1.54) is 24.8 Å². The van der Waals surface area contributed by atoms with Gasteiger partial charge in [0.25, 0.3) is 0 Å². The standard InChI is InChI=1S/C21H40N2O3.CH3N/c1-5-7-8-12-22-17-20(9-6-2)10-11-21(24)23-13-14-25-15-16-26-18-19(3)4;1-2/h17,22H,3,5-16,18H2,1-2,4H3,(H,23,24);2H,1H2/b20-17+;. The molecule has 0 aliphatic heterocycles. The summed E-state index contributed by atoms with van der Waals surface area (Å²) in [5, 5.41) is 11.8. The van der Waals surface area contributed by atoms with E-state index in [1.54, 1.807) is 0 Å². The maximum absolute atomic E-state index is 11.9. The van der Waals surface area contributed by atoms with Crippen molar-refractivity contribution in [2.45, 2.75) is 65.7 Å². The van der Waals surface area contributed by atoms with Gasteiger partial charge in [0, 0.05) is 19.5 Å². The average Bonchev–Trinajstić information content (AvgIpc) is 2.69. The van der Waals surface area contributed by atoms with Gasteiger partial charge in [0.05, 0.1) is 26.4 Å². The summed E-state index contributed by atoms with van der Waals surface area (Å²) in [6.07, 6.45) is 9.30. The summed E-state index contributed by atoms with van der Waals surface area (Å²) in [5.41, 5.74) is 2.33. The first-order valence-electron chi connectivity index (χ1n) is 10.4. The van der Waals surface area contributed by atoms with Crippen molar-refractivity contribution in [3.8, 4) is 0 Å². The van der Waals surface area contributed by atoms with Crippen LogP contribution in [-0.4, -0.2) is 52.1 Å². The molecule has 0 radical (unpaired) electrons. The normalized spacial score (nSPS) is 10.8. The van der Waals surface area contributed by atoms with Crippen LogP contribution in [0.3, 0.4) is 0 Å². The quantitative estimate of drug-likeness (QED) is 0.184. The number of carbonyl (C=O) groups excluding carboxylic acids is 1. The van der Waals surface area contributed by atoms with Gasteiger partial charge in [-0.1, -0.05) is 50.8 Å². The van der Waals surface area contributed by atoms with Crippen LogP contribution in [0.2, 0.25) is 0 Å². The second-order valence-corrected chi connectivity index (χ2v) is 6.69. The minimum atomic E-state index is 0.0834. The zero-order valence-electron chi connectivity index (χ0n) is 18.4. The van der Waals surface area contributed by atoms with Crippen molar-refractivity contribution in [1.82, 2.24) is 10.6 Å². The molecule has 0 saturated carbocycles. The second kappa shape index (κ2) is 23.4. The number of ether oxygens (including phenoxy) is 2. The van der Waals surface area contributed by atoms with Gasteiger partial charge >= 0.3 is 0 Å². The number of hydrogen-bond acceptors (Lipinski definition) is 5. The van der Waals surface area contributed by atoms with E-state index in [0.29, 0.717) is 39.4 Å². The molecular formula is C22H43N3O3. The molecule has 0 fully saturated rings. The van der Waals surface area contributed by atoms with Crippen LogP contribution in [0.5, 0.6) is 0 Å². The Labute approximate surface area is 172 Å². The van der Waals surface area contributed by atoms with E-state index in [2.05, 4.69) is 44.0 Å². The molecule has 0 saturated heterocycles. The number of amides is 1. The molecule has 0 rings (SSSR count). The Balaban J connectivity index is 0. The summed E-state index contributed by atoms with van der Waals surface area (Å²) in [6, 6.07) is 0. The molecule has 164 valence electrons. The van der Waals surface area contributed by atoms with E-state index in [0.717, 1.165) is 31.4 Å². The highest BCUT2D eigenvalue weighted by Crippen LogP contribution is 2.11.